The first-order valence-electron chi connectivity index (χ1n) is 17.9. The minimum Gasteiger partial charge on any atom is -0.508 e. The van der Waals surface area contributed by atoms with Gasteiger partial charge >= 0.3 is 5.97 Å². The molecule has 1 aliphatic heterocycles. The summed E-state index contributed by atoms with van der Waals surface area (Å²) in [6.07, 6.45) is -1.62. The van der Waals surface area contributed by atoms with Crippen LogP contribution < -0.4 is 15.2 Å². The molecule has 0 bridgehead atoms. The van der Waals surface area contributed by atoms with Crippen molar-refractivity contribution in [2.75, 3.05) is 59.5 Å². The van der Waals surface area contributed by atoms with Gasteiger partial charge in [-0.3, -0.25) is 0 Å². The van der Waals surface area contributed by atoms with Gasteiger partial charge in [0.05, 0.1) is 71.2 Å². The van der Waals surface area contributed by atoms with Gasteiger partial charge < -0.3 is 79.4 Å². The third-order valence-corrected chi connectivity index (χ3v) is 8.34. The van der Waals surface area contributed by atoms with E-state index in [1.54, 1.807) is 6.20 Å². The number of nitrogens with two attached hydrogens (primary N) is 1. The Balaban J connectivity index is 1.08. The van der Waals surface area contributed by atoms with Gasteiger partial charge in [-0.05, 0) is 31.2 Å². The van der Waals surface area contributed by atoms with Crippen molar-refractivity contribution >= 4 is 5.97 Å². The average Bonchev–Trinajstić information content (AvgIpc) is 3.63. The van der Waals surface area contributed by atoms with Crippen LogP contribution in [0.15, 0.2) is 42.6 Å². The van der Waals surface area contributed by atoms with Crippen molar-refractivity contribution in [3.05, 3.63) is 65.0 Å². The molecule has 0 aliphatic carbocycles. The molecule has 20 heteroatoms. The predicted molar refractivity (Wildman–Crippen MR) is 194 cm³/mol. The van der Waals surface area contributed by atoms with Gasteiger partial charge in [0.2, 0.25) is 5.75 Å². The first-order valence-corrected chi connectivity index (χ1v) is 17.9. The maximum Gasteiger partial charge on any atom is 0.338 e. The third-order valence-electron chi connectivity index (χ3n) is 8.34. The van der Waals surface area contributed by atoms with Crippen molar-refractivity contribution in [2.45, 2.75) is 44.9 Å². The van der Waals surface area contributed by atoms with E-state index in [2.05, 4.69) is 10.3 Å². The average molecular weight is 803 g/mol. The third kappa shape index (κ3) is 11.9. The van der Waals surface area contributed by atoms with E-state index in [4.69, 9.17) is 43.6 Å². The monoisotopic (exact) mass is 802 g/mol. The van der Waals surface area contributed by atoms with Crippen LogP contribution in [0.5, 0.6) is 51.7 Å². The van der Waals surface area contributed by atoms with Crippen LogP contribution in [0.1, 0.15) is 40.2 Å². The van der Waals surface area contributed by atoms with Gasteiger partial charge in [0.25, 0.3) is 0 Å². The summed E-state index contributed by atoms with van der Waals surface area (Å²) in [6, 6.07) is 6.49. The predicted octanol–water partition coefficient (Wildman–Crippen LogP) is 2.09. The van der Waals surface area contributed by atoms with Crippen molar-refractivity contribution in [1.29, 1.82) is 0 Å². The van der Waals surface area contributed by atoms with Crippen molar-refractivity contribution in [3.8, 4) is 51.7 Å². The SMILES string of the molecule is CCOCCOCCOCC(N)OCCOCCn1cc(COc2c(O)cc(C(=O)O[C@@H]3Cc4c(O)cc(O)cc4O[C@@H]3c3cc(O)c(O)c(O)c3)cc2O)nn1. The molecule has 4 aromatic rings. The fraction of sp³-hybridized carbons (Fsp3) is 0.432. The van der Waals surface area contributed by atoms with E-state index < -0.39 is 53.2 Å². The molecule has 1 unspecified atom stereocenters. The summed E-state index contributed by atoms with van der Waals surface area (Å²) in [7, 11) is 0. The number of phenols is 7. The maximum atomic E-state index is 13.4. The largest absolute Gasteiger partial charge is 0.508 e. The summed E-state index contributed by atoms with van der Waals surface area (Å²) in [4.78, 5) is 13.4. The Labute approximate surface area is 326 Å². The Kier molecular flexibility index (Phi) is 15.2. The number of hydrogen-bond donors (Lipinski definition) is 8. The number of esters is 1. The van der Waals surface area contributed by atoms with Crippen LogP contribution in [0.4, 0.5) is 0 Å². The Bertz CT molecular complexity index is 1900. The highest BCUT2D eigenvalue weighted by molar-refractivity contribution is 5.91. The van der Waals surface area contributed by atoms with E-state index in [1.165, 1.54) is 10.7 Å². The van der Waals surface area contributed by atoms with Crippen molar-refractivity contribution in [1.82, 2.24) is 15.0 Å². The molecule has 5 rings (SSSR count). The summed E-state index contributed by atoms with van der Waals surface area (Å²) in [5.74, 6) is -5.32. The van der Waals surface area contributed by atoms with Gasteiger partial charge in [0.15, 0.2) is 34.9 Å². The Hall–Kier alpha value is -5.77. The number of fused-ring (bicyclic) bond motifs is 1. The zero-order chi connectivity index (χ0) is 40.9. The lowest BCUT2D eigenvalue weighted by molar-refractivity contribution is -0.0479. The van der Waals surface area contributed by atoms with Gasteiger partial charge in [-0.2, -0.15) is 0 Å². The molecule has 0 saturated heterocycles. The standard InChI is InChI=1S/C37H46N4O16/c1-2-50-5-6-52-7-8-53-20-33(38)54-10-9-51-4-3-41-18-23(39-40-41)19-55-36-29(46)13-22(14-30(36)47)37(49)57-32-17-25-26(43)15-24(42)16-31(25)56-35(32)21-11-27(44)34(48)28(45)12-21/h11-16,18,32-33,35,42-48H,2-10,17,19-20,38H2,1H3/t32-,33?,35-/m1/s1. The molecule has 20 nitrogen and oxygen atoms in total. The highest BCUT2D eigenvalue weighted by Gasteiger charge is 2.37. The molecule has 0 fully saturated rings. The highest BCUT2D eigenvalue weighted by Crippen LogP contribution is 2.46. The molecular weight excluding hydrogens is 756 g/mol. The Morgan fingerprint density at radius 2 is 1.51 bits per heavy atom. The van der Waals surface area contributed by atoms with Crippen LogP contribution in [-0.2, 0) is 48.0 Å². The molecule has 0 radical (unpaired) electrons. The van der Waals surface area contributed by atoms with Crippen LogP contribution in [0.2, 0.25) is 0 Å². The van der Waals surface area contributed by atoms with E-state index in [0.29, 0.717) is 51.9 Å². The lowest BCUT2D eigenvalue weighted by Crippen LogP contribution is -2.34. The fourth-order valence-corrected chi connectivity index (χ4v) is 5.60. The van der Waals surface area contributed by atoms with E-state index in [-0.39, 0.29) is 72.5 Å². The van der Waals surface area contributed by atoms with Crippen LogP contribution in [0.3, 0.4) is 0 Å². The number of aromatic nitrogens is 3. The molecule has 57 heavy (non-hydrogen) atoms. The molecule has 3 atom stereocenters. The lowest BCUT2D eigenvalue weighted by atomic mass is 9.93. The molecule has 0 amide bonds. The molecule has 0 saturated carbocycles. The summed E-state index contributed by atoms with van der Waals surface area (Å²) in [5, 5.41) is 79.9. The molecule has 0 spiro atoms. The maximum absolute atomic E-state index is 13.4. The molecule has 1 aliphatic rings. The molecule has 2 heterocycles. The van der Waals surface area contributed by atoms with Crippen LogP contribution in [0.25, 0.3) is 0 Å². The molecule has 3 aromatic carbocycles. The van der Waals surface area contributed by atoms with E-state index in [9.17, 15) is 40.5 Å². The number of hydrogen-bond acceptors (Lipinski definition) is 19. The van der Waals surface area contributed by atoms with Crippen LogP contribution in [-0.4, -0.2) is 129 Å². The van der Waals surface area contributed by atoms with Gasteiger partial charge in [-0.25, -0.2) is 9.48 Å². The number of carbonyl (C=O) groups is 1. The zero-order valence-electron chi connectivity index (χ0n) is 31.0. The smallest absolute Gasteiger partial charge is 0.338 e. The van der Waals surface area contributed by atoms with E-state index in [0.717, 1.165) is 30.3 Å². The van der Waals surface area contributed by atoms with Crippen molar-refractivity contribution < 1.29 is 78.4 Å². The van der Waals surface area contributed by atoms with Crippen molar-refractivity contribution in [3.63, 3.8) is 0 Å². The van der Waals surface area contributed by atoms with Crippen molar-refractivity contribution in [2.24, 2.45) is 5.73 Å². The zero-order valence-corrected chi connectivity index (χ0v) is 31.0. The molecular formula is C37H46N4O16. The summed E-state index contributed by atoms with van der Waals surface area (Å²) in [6.45, 7) is 5.62. The summed E-state index contributed by atoms with van der Waals surface area (Å²) >= 11 is 0. The summed E-state index contributed by atoms with van der Waals surface area (Å²) in [5.41, 5.74) is 6.22. The Morgan fingerprint density at radius 3 is 2.23 bits per heavy atom. The highest BCUT2D eigenvalue weighted by atomic mass is 16.6. The first-order chi connectivity index (χ1) is 27.4. The number of nitrogens with zero attached hydrogens (tertiary/aromatic N) is 3. The topological polar surface area (TPSA) is 289 Å². The van der Waals surface area contributed by atoms with Crippen LogP contribution >= 0.6 is 0 Å². The second kappa shape index (κ2) is 20.4. The minimum atomic E-state index is -1.22. The number of phenolic OH excluding ortho intramolecular Hbond substituents is 7. The summed E-state index contributed by atoms with van der Waals surface area (Å²) < 4.78 is 45.7. The lowest BCUT2D eigenvalue weighted by Gasteiger charge is -2.34. The minimum absolute atomic E-state index is 0.0404. The molecule has 310 valence electrons. The number of aromatic hydroxyl groups is 7. The van der Waals surface area contributed by atoms with Gasteiger partial charge in [0.1, 0.15) is 41.9 Å². The normalized spacial score (nSPS) is 15.5. The quantitative estimate of drug-likeness (QED) is 0.0244. The number of carbonyl (C=O) groups excluding carboxylic acids is 1. The molecule has 1 aromatic heterocycles. The second-order valence-electron chi connectivity index (χ2n) is 12.5. The first kappa shape index (κ1) is 42.4. The fourth-order valence-electron chi connectivity index (χ4n) is 5.60. The number of benzene rings is 3. The van der Waals surface area contributed by atoms with Gasteiger partial charge in [0, 0.05) is 36.3 Å². The molecule has 9 N–H and O–H groups in total. The van der Waals surface area contributed by atoms with Gasteiger partial charge in [-0.1, -0.05) is 5.21 Å². The van der Waals surface area contributed by atoms with Crippen LogP contribution in [0, 0.1) is 0 Å². The van der Waals surface area contributed by atoms with E-state index in [1.807, 2.05) is 6.92 Å². The number of rotatable bonds is 22. The van der Waals surface area contributed by atoms with Gasteiger partial charge in [-0.15, -0.1) is 5.10 Å². The second-order valence-corrected chi connectivity index (χ2v) is 12.5. The van der Waals surface area contributed by atoms with E-state index >= 15 is 0 Å². The Morgan fingerprint density at radius 1 is 0.842 bits per heavy atom. The number of ether oxygens (including phenoxy) is 8.